The number of rotatable bonds is 9. The Hall–Kier alpha value is -3.98. The van der Waals surface area contributed by atoms with E-state index < -0.39 is 30.2 Å². The predicted molar refractivity (Wildman–Crippen MR) is 130 cm³/mol. The van der Waals surface area contributed by atoms with Crippen molar-refractivity contribution < 1.29 is 29.0 Å². The van der Waals surface area contributed by atoms with E-state index in [1.807, 2.05) is 6.92 Å². The summed E-state index contributed by atoms with van der Waals surface area (Å²) in [6.45, 7) is 1.49. The van der Waals surface area contributed by atoms with Crippen LogP contribution in [0, 0.1) is 0 Å². The van der Waals surface area contributed by atoms with Gasteiger partial charge in [0.2, 0.25) is 0 Å². The number of aryl methyl sites for hydroxylation is 1. The van der Waals surface area contributed by atoms with E-state index in [0.29, 0.717) is 22.8 Å². The second-order valence-corrected chi connectivity index (χ2v) is 8.52. The van der Waals surface area contributed by atoms with E-state index in [1.165, 1.54) is 24.3 Å². The van der Waals surface area contributed by atoms with Crippen molar-refractivity contribution in [2.75, 3.05) is 6.61 Å². The number of phenolic OH excluding ortho intramolecular Hbond substituents is 1. The number of aromatic nitrogens is 1. The number of nitrogens with one attached hydrogen (secondary N) is 2. The lowest BCUT2D eigenvalue weighted by molar-refractivity contribution is -0.142. The van der Waals surface area contributed by atoms with Crippen LogP contribution in [0.5, 0.6) is 11.5 Å². The summed E-state index contributed by atoms with van der Waals surface area (Å²) in [5, 5.41) is 23.4. The van der Waals surface area contributed by atoms with E-state index in [0.717, 1.165) is 17.5 Å². The van der Waals surface area contributed by atoms with Crippen LogP contribution in [0.3, 0.4) is 0 Å². The molecule has 0 spiro atoms. The zero-order valence-corrected chi connectivity index (χ0v) is 19.5. The first kappa shape index (κ1) is 24.2. The van der Waals surface area contributed by atoms with Gasteiger partial charge in [-0.15, -0.1) is 0 Å². The Morgan fingerprint density at radius 1 is 1.17 bits per heavy atom. The number of phenols is 1. The maximum Gasteiger partial charge on any atom is 0.336 e. The van der Waals surface area contributed by atoms with E-state index in [4.69, 9.17) is 20.8 Å². The largest absolute Gasteiger partial charge is 0.508 e. The lowest BCUT2D eigenvalue weighted by Crippen LogP contribution is -2.44. The summed E-state index contributed by atoms with van der Waals surface area (Å²) in [7, 11) is 0. The number of carboxylic acids is 1. The van der Waals surface area contributed by atoms with Crippen LogP contribution in [0.2, 0.25) is 5.02 Å². The first-order valence-corrected chi connectivity index (χ1v) is 11.3. The molecule has 4 aromatic rings. The summed E-state index contributed by atoms with van der Waals surface area (Å²) in [6.07, 6.45) is 3.14. The molecule has 35 heavy (non-hydrogen) atoms. The fourth-order valence-corrected chi connectivity index (χ4v) is 4.17. The van der Waals surface area contributed by atoms with Crippen LogP contribution in [-0.2, 0) is 22.4 Å². The van der Waals surface area contributed by atoms with E-state index in [-0.39, 0.29) is 28.5 Å². The smallest absolute Gasteiger partial charge is 0.336 e. The number of carboxylic acid groups (broad SMARTS) is 1. The van der Waals surface area contributed by atoms with E-state index in [9.17, 15) is 24.6 Å². The van der Waals surface area contributed by atoms with Crippen molar-refractivity contribution in [1.29, 1.82) is 0 Å². The van der Waals surface area contributed by atoms with Gasteiger partial charge in [-0.1, -0.05) is 24.9 Å². The number of aromatic amines is 1. The highest BCUT2D eigenvalue weighted by molar-refractivity contribution is 6.32. The minimum absolute atomic E-state index is 0.00732. The number of carbonyl (C=O) groups is 2. The zero-order chi connectivity index (χ0) is 25.1. The number of halogens is 1. The van der Waals surface area contributed by atoms with Crippen LogP contribution in [-0.4, -0.2) is 39.7 Å². The molecule has 2 aromatic carbocycles. The van der Waals surface area contributed by atoms with Gasteiger partial charge in [-0.25, -0.2) is 9.59 Å². The molecule has 4 N–H and O–H groups in total. The normalized spacial score (nSPS) is 12.1. The number of amides is 1. The molecular formula is C25H23ClN2O7. The molecule has 0 unspecified atom stereocenters. The van der Waals surface area contributed by atoms with Crippen molar-refractivity contribution >= 4 is 45.3 Å². The Morgan fingerprint density at radius 2 is 1.97 bits per heavy atom. The van der Waals surface area contributed by atoms with Crippen molar-refractivity contribution in [2.45, 2.75) is 32.2 Å². The van der Waals surface area contributed by atoms with Crippen molar-refractivity contribution in [3.05, 3.63) is 69.2 Å². The lowest BCUT2D eigenvalue weighted by atomic mass is 10.0. The number of hydrogen-bond acceptors (Lipinski definition) is 6. The fraction of sp³-hybridized carbons (Fsp3) is 0.240. The molecular weight excluding hydrogens is 476 g/mol. The molecule has 0 fully saturated rings. The third-order valence-electron chi connectivity index (χ3n) is 5.57. The van der Waals surface area contributed by atoms with Crippen LogP contribution in [0.1, 0.15) is 24.5 Å². The van der Waals surface area contributed by atoms with Gasteiger partial charge >= 0.3 is 11.6 Å². The second kappa shape index (κ2) is 10.1. The van der Waals surface area contributed by atoms with Gasteiger partial charge in [0.15, 0.2) is 6.61 Å². The van der Waals surface area contributed by atoms with Crippen LogP contribution in [0.25, 0.3) is 21.9 Å². The molecule has 2 heterocycles. The molecule has 0 aliphatic carbocycles. The molecule has 9 nitrogen and oxygen atoms in total. The molecule has 0 aliphatic heterocycles. The van der Waals surface area contributed by atoms with Crippen LogP contribution >= 0.6 is 11.6 Å². The average molecular weight is 499 g/mol. The number of aliphatic carboxylic acids is 1. The highest BCUT2D eigenvalue weighted by Crippen LogP contribution is 2.31. The van der Waals surface area contributed by atoms with Crippen LogP contribution < -0.4 is 15.7 Å². The van der Waals surface area contributed by atoms with Crippen LogP contribution in [0.15, 0.2) is 51.8 Å². The van der Waals surface area contributed by atoms with Gasteiger partial charge in [-0.2, -0.15) is 0 Å². The summed E-state index contributed by atoms with van der Waals surface area (Å²) >= 11 is 6.32. The highest BCUT2D eigenvalue weighted by atomic mass is 35.5. The molecule has 0 radical (unpaired) electrons. The van der Waals surface area contributed by atoms with E-state index in [1.54, 1.807) is 18.3 Å². The highest BCUT2D eigenvalue weighted by Gasteiger charge is 2.22. The number of aromatic hydroxyl groups is 1. The standard InChI is InChI=1S/C25H23ClN2O7/c1-2-3-13-7-24(31)35-21-10-22(18(26)9-17(13)21)34-12-23(30)28-20(25(32)33)6-14-11-27-19-5-4-15(29)8-16(14)19/h4-5,7-11,20,27,29H,2-3,6,12H2,1H3,(H,28,30)(H,32,33)/t20-/m1/s1. The average Bonchev–Trinajstić information content (AvgIpc) is 3.19. The summed E-state index contributed by atoms with van der Waals surface area (Å²) < 4.78 is 10.8. The summed E-state index contributed by atoms with van der Waals surface area (Å²) in [5.74, 6) is -1.71. The lowest BCUT2D eigenvalue weighted by Gasteiger charge is -2.15. The van der Waals surface area contributed by atoms with Gasteiger partial charge in [0.05, 0.1) is 5.02 Å². The third-order valence-corrected chi connectivity index (χ3v) is 5.86. The Bertz CT molecular complexity index is 1470. The van der Waals surface area contributed by atoms with E-state index in [2.05, 4.69) is 10.3 Å². The summed E-state index contributed by atoms with van der Waals surface area (Å²) in [4.78, 5) is 39.1. The first-order valence-electron chi connectivity index (χ1n) is 11.0. The Kier molecular flexibility index (Phi) is 6.97. The number of hydrogen-bond donors (Lipinski definition) is 4. The second-order valence-electron chi connectivity index (χ2n) is 8.11. The number of benzene rings is 2. The molecule has 10 heteroatoms. The summed E-state index contributed by atoms with van der Waals surface area (Å²) in [6, 6.07) is 7.98. The van der Waals surface area contributed by atoms with Gasteiger partial charge < -0.3 is 29.7 Å². The minimum atomic E-state index is -1.23. The quantitative estimate of drug-likeness (QED) is 0.257. The van der Waals surface area contributed by atoms with Crippen LogP contribution in [0.4, 0.5) is 0 Å². The van der Waals surface area contributed by atoms with Gasteiger partial charge in [-0.05, 0) is 41.8 Å². The van der Waals surface area contributed by atoms with Gasteiger partial charge in [0, 0.05) is 41.0 Å². The summed E-state index contributed by atoms with van der Waals surface area (Å²) in [5.41, 5.74) is 1.95. The molecule has 4 rings (SSSR count). The van der Waals surface area contributed by atoms with Crippen molar-refractivity contribution in [3.63, 3.8) is 0 Å². The van der Waals surface area contributed by atoms with Gasteiger partial charge in [0.25, 0.3) is 5.91 Å². The minimum Gasteiger partial charge on any atom is -0.508 e. The SMILES string of the molecule is CCCc1cc(=O)oc2cc(OCC(=O)N[C@H](Cc3c[nH]c4ccc(O)cc34)C(=O)O)c(Cl)cc12. The van der Waals surface area contributed by atoms with E-state index >= 15 is 0 Å². The molecule has 1 atom stereocenters. The van der Waals surface area contributed by atoms with Gasteiger partial charge in [0.1, 0.15) is 23.1 Å². The molecule has 2 aromatic heterocycles. The number of fused-ring (bicyclic) bond motifs is 2. The first-order chi connectivity index (χ1) is 16.7. The number of H-pyrrole nitrogens is 1. The Morgan fingerprint density at radius 3 is 2.71 bits per heavy atom. The zero-order valence-electron chi connectivity index (χ0n) is 18.8. The molecule has 0 aliphatic rings. The topological polar surface area (TPSA) is 142 Å². The van der Waals surface area contributed by atoms with Crippen molar-refractivity contribution in [2.24, 2.45) is 0 Å². The maximum absolute atomic E-state index is 12.5. The molecule has 0 saturated carbocycles. The molecule has 182 valence electrons. The number of ether oxygens (including phenoxy) is 1. The molecule has 1 amide bonds. The number of carbonyl (C=O) groups excluding carboxylic acids is 1. The molecule has 0 bridgehead atoms. The fourth-order valence-electron chi connectivity index (χ4n) is 3.95. The van der Waals surface area contributed by atoms with Gasteiger partial charge in [-0.3, -0.25) is 4.79 Å². The maximum atomic E-state index is 12.5. The monoisotopic (exact) mass is 498 g/mol. The molecule has 0 saturated heterocycles. The van der Waals surface area contributed by atoms with Crippen molar-refractivity contribution in [1.82, 2.24) is 10.3 Å². The van der Waals surface area contributed by atoms with Crippen molar-refractivity contribution in [3.8, 4) is 11.5 Å². The Balaban J connectivity index is 1.47. The predicted octanol–water partition coefficient (Wildman–Crippen LogP) is 3.78. The Labute approximate surface area is 204 Å². The third kappa shape index (κ3) is 5.41.